The summed E-state index contributed by atoms with van der Waals surface area (Å²) in [7, 11) is 0. The lowest BCUT2D eigenvalue weighted by molar-refractivity contribution is 0.197. The first kappa shape index (κ1) is 15.8. The summed E-state index contributed by atoms with van der Waals surface area (Å²) in [5.41, 5.74) is 6.98. The van der Waals surface area contributed by atoms with E-state index in [1.807, 2.05) is 12.1 Å². The lowest BCUT2D eigenvalue weighted by Crippen LogP contribution is -2.14. The van der Waals surface area contributed by atoms with Crippen molar-refractivity contribution in [3.63, 3.8) is 0 Å². The van der Waals surface area contributed by atoms with Crippen molar-refractivity contribution in [1.82, 2.24) is 4.98 Å². The Bertz CT molecular complexity index is 655. The molecule has 1 unspecified atom stereocenters. The molecule has 0 aliphatic carbocycles. The number of rotatable bonds is 5. The maximum atomic E-state index is 9.14. The van der Waals surface area contributed by atoms with Gasteiger partial charge < -0.3 is 10.5 Å². The molecule has 1 aromatic carbocycles. The summed E-state index contributed by atoms with van der Waals surface area (Å²) in [6.45, 7) is 0.461. The van der Waals surface area contributed by atoms with Crippen molar-refractivity contribution in [3.8, 4) is 11.8 Å². The highest BCUT2D eigenvalue weighted by molar-refractivity contribution is 9.10. The minimum atomic E-state index is -0.277. The molecule has 2 rings (SSSR count). The number of halogens is 2. The summed E-state index contributed by atoms with van der Waals surface area (Å²) in [6.07, 6.45) is 2.06. The molecule has 0 bridgehead atoms. The molecular weight excluding hydrogens is 354 g/mol. The Morgan fingerprint density at radius 3 is 2.81 bits per heavy atom. The van der Waals surface area contributed by atoms with Crippen LogP contribution in [-0.4, -0.2) is 11.5 Å². The van der Waals surface area contributed by atoms with Gasteiger partial charge in [0.05, 0.1) is 5.56 Å². The van der Waals surface area contributed by atoms with Crippen molar-refractivity contribution in [1.29, 1.82) is 5.26 Å². The summed E-state index contributed by atoms with van der Waals surface area (Å²) in [4.78, 5) is 4.19. The number of nitriles is 1. The van der Waals surface area contributed by atoms with Gasteiger partial charge in [-0.3, -0.25) is 0 Å². The topological polar surface area (TPSA) is 71.9 Å². The van der Waals surface area contributed by atoms with Crippen LogP contribution in [0.1, 0.15) is 23.7 Å². The smallest absolute Gasteiger partial charge is 0.139 e. The summed E-state index contributed by atoms with van der Waals surface area (Å²) < 4.78 is 6.69. The average molecular weight is 367 g/mol. The van der Waals surface area contributed by atoms with E-state index in [2.05, 4.69) is 27.0 Å². The molecule has 0 saturated heterocycles. The molecule has 0 radical (unpaired) electrons. The molecule has 2 aromatic rings. The Kier molecular flexibility index (Phi) is 5.57. The van der Waals surface area contributed by atoms with Crippen LogP contribution in [0.3, 0.4) is 0 Å². The fraction of sp³-hybridized carbons (Fsp3) is 0.200. The van der Waals surface area contributed by atoms with Crippen LogP contribution in [-0.2, 0) is 0 Å². The summed E-state index contributed by atoms with van der Waals surface area (Å²) in [5, 5.41) is 9.66. The highest BCUT2D eigenvalue weighted by Crippen LogP contribution is 2.29. The molecule has 0 saturated carbocycles. The van der Waals surface area contributed by atoms with Gasteiger partial charge in [-0.05, 0) is 40.7 Å². The number of hydrogen-bond donors (Lipinski definition) is 1. The molecule has 0 spiro atoms. The molecule has 0 aliphatic heterocycles. The molecule has 1 atom stereocenters. The van der Waals surface area contributed by atoms with Crippen molar-refractivity contribution in [2.75, 3.05) is 6.54 Å². The van der Waals surface area contributed by atoms with E-state index in [0.717, 1.165) is 10.2 Å². The van der Waals surface area contributed by atoms with Crippen LogP contribution in [0.5, 0.6) is 5.75 Å². The van der Waals surface area contributed by atoms with E-state index < -0.39 is 0 Å². The number of nitrogens with zero attached hydrogens (tertiary/aromatic N) is 2. The first-order valence-corrected chi connectivity index (χ1v) is 7.49. The third-order valence-electron chi connectivity index (χ3n) is 2.88. The van der Waals surface area contributed by atoms with Crippen LogP contribution >= 0.6 is 27.5 Å². The Morgan fingerprint density at radius 2 is 2.19 bits per heavy atom. The van der Waals surface area contributed by atoms with Crippen LogP contribution in [0.25, 0.3) is 0 Å². The summed E-state index contributed by atoms with van der Waals surface area (Å²) >= 11 is 9.26. The quantitative estimate of drug-likeness (QED) is 0.816. The van der Waals surface area contributed by atoms with Crippen molar-refractivity contribution in [3.05, 3.63) is 57.3 Å². The van der Waals surface area contributed by atoms with Crippen LogP contribution in [0.2, 0.25) is 5.02 Å². The maximum Gasteiger partial charge on any atom is 0.139 e. The summed E-state index contributed by atoms with van der Waals surface area (Å²) in [6, 6.07) is 10.8. The Balaban J connectivity index is 2.30. The van der Waals surface area contributed by atoms with Crippen molar-refractivity contribution in [2.45, 2.75) is 12.5 Å². The number of hydrogen-bond acceptors (Lipinski definition) is 4. The molecule has 6 heteroatoms. The Labute approximate surface area is 136 Å². The highest BCUT2D eigenvalue weighted by Gasteiger charge is 2.15. The van der Waals surface area contributed by atoms with Gasteiger partial charge in [0.25, 0.3) is 0 Å². The van der Waals surface area contributed by atoms with Gasteiger partial charge in [0.2, 0.25) is 0 Å². The van der Waals surface area contributed by atoms with Gasteiger partial charge in [-0.15, -0.1) is 0 Å². The number of aromatic nitrogens is 1. The molecular formula is C15H13BrClN3O. The molecule has 2 N–H and O–H groups in total. The van der Waals surface area contributed by atoms with Crippen LogP contribution < -0.4 is 10.5 Å². The van der Waals surface area contributed by atoms with Gasteiger partial charge in [0.1, 0.15) is 22.5 Å². The third kappa shape index (κ3) is 4.18. The standard InChI is InChI=1S/C15H13BrClN3O/c16-15-4-2-11(9-20-15)13(5-6-18)21-14-7-12(17)3-1-10(14)8-19/h1-4,7,9,13H,5-6,18H2. The van der Waals surface area contributed by atoms with Gasteiger partial charge in [0, 0.05) is 29.3 Å². The second kappa shape index (κ2) is 7.41. The fourth-order valence-corrected chi connectivity index (χ4v) is 2.26. The molecule has 0 fully saturated rings. The zero-order chi connectivity index (χ0) is 15.2. The second-order valence-electron chi connectivity index (χ2n) is 4.35. The fourth-order valence-electron chi connectivity index (χ4n) is 1.86. The molecule has 21 heavy (non-hydrogen) atoms. The van der Waals surface area contributed by atoms with E-state index in [-0.39, 0.29) is 6.10 Å². The SMILES string of the molecule is N#Cc1ccc(Cl)cc1OC(CCN)c1ccc(Br)nc1. The number of pyridine rings is 1. The van der Waals surface area contributed by atoms with Crippen LogP contribution in [0.4, 0.5) is 0 Å². The molecule has 0 amide bonds. The minimum Gasteiger partial charge on any atom is -0.484 e. The van der Waals surface area contributed by atoms with E-state index in [1.54, 1.807) is 24.4 Å². The second-order valence-corrected chi connectivity index (χ2v) is 5.60. The van der Waals surface area contributed by atoms with Gasteiger partial charge in [-0.25, -0.2) is 4.98 Å². The minimum absolute atomic E-state index is 0.277. The van der Waals surface area contributed by atoms with Crippen molar-refractivity contribution in [2.24, 2.45) is 5.73 Å². The van der Waals surface area contributed by atoms with Gasteiger partial charge in [-0.2, -0.15) is 5.26 Å². The van der Waals surface area contributed by atoms with Crippen LogP contribution in [0, 0.1) is 11.3 Å². The van der Waals surface area contributed by atoms with E-state index in [9.17, 15) is 0 Å². The zero-order valence-electron chi connectivity index (χ0n) is 11.1. The van der Waals surface area contributed by atoms with E-state index >= 15 is 0 Å². The molecule has 4 nitrogen and oxygen atoms in total. The molecule has 108 valence electrons. The van der Waals surface area contributed by atoms with Gasteiger partial charge >= 0.3 is 0 Å². The maximum absolute atomic E-state index is 9.14. The predicted molar refractivity (Wildman–Crippen MR) is 85.1 cm³/mol. The average Bonchev–Trinajstić information content (AvgIpc) is 2.48. The van der Waals surface area contributed by atoms with Gasteiger partial charge in [-0.1, -0.05) is 17.7 Å². The number of ether oxygens (including phenoxy) is 1. The Hall–Kier alpha value is -1.61. The normalized spacial score (nSPS) is 11.7. The first-order valence-electron chi connectivity index (χ1n) is 6.32. The molecule has 1 heterocycles. The van der Waals surface area contributed by atoms with Crippen molar-refractivity contribution < 1.29 is 4.74 Å². The monoisotopic (exact) mass is 365 g/mol. The largest absolute Gasteiger partial charge is 0.484 e. The van der Waals surface area contributed by atoms with Crippen molar-refractivity contribution >= 4 is 27.5 Å². The molecule has 1 aromatic heterocycles. The highest BCUT2D eigenvalue weighted by atomic mass is 79.9. The van der Waals surface area contributed by atoms with E-state index in [1.165, 1.54) is 0 Å². The summed E-state index contributed by atoms with van der Waals surface area (Å²) in [5.74, 6) is 0.450. The molecule has 0 aliphatic rings. The predicted octanol–water partition coefficient (Wildman–Crippen LogP) is 3.84. The third-order valence-corrected chi connectivity index (χ3v) is 3.59. The van der Waals surface area contributed by atoms with Gasteiger partial charge in [0.15, 0.2) is 0 Å². The number of nitrogens with two attached hydrogens (primary N) is 1. The van der Waals surface area contributed by atoms with E-state index in [4.69, 9.17) is 27.3 Å². The number of benzene rings is 1. The first-order chi connectivity index (χ1) is 10.1. The lowest BCUT2D eigenvalue weighted by Gasteiger charge is -2.19. The lowest BCUT2D eigenvalue weighted by atomic mass is 10.1. The zero-order valence-corrected chi connectivity index (χ0v) is 13.4. The van der Waals surface area contributed by atoms with E-state index in [0.29, 0.717) is 29.3 Å². The van der Waals surface area contributed by atoms with Crippen LogP contribution in [0.15, 0.2) is 41.1 Å². The Morgan fingerprint density at radius 1 is 1.38 bits per heavy atom.